The number of ether oxygens (including phenoxy) is 1. The van der Waals surface area contributed by atoms with Crippen molar-refractivity contribution in [2.24, 2.45) is 11.8 Å². The van der Waals surface area contributed by atoms with E-state index in [4.69, 9.17) is 4.74 Å². The van der Waals surface area contributed by atoms with E-state index in [1.807, 2.05) is 7.11 Å². The van der Waals surface area contributed by atoms with E-state index in [1.165, 1.54) is 51.5 Å². The van der Waals surface area contributed by atoms with Crippen molar-refractivity contribution in [3.63, 3.8) is 0 Å². The van der Waals surface area contributed by atoms with E-state index >= 15 is 0 Å². The molecular formula is C17H34N2O. The third-order valence-corrected chi connectivity index (χ3v) is 5.46. The van der Waals surface area contributed by atoms with Crippen molar-refractivity contribution in [2.75, 3.05) is 33.9 Å². The molecule has 2 saturated carbocycles. The summed E-state index contributed by atoms with van der Waals surface area (Å²) < 4.78 is 5.33. The fraction of sp³-hybridized carbons (Fsp3) is 1.00. The third kappa shape index (κ3) is 4.71. The molecule has 2 rings (SSSR count). The highest BCUT2D eigenvalue weighted by atomic mass is 16.5. The van der Waals surface area contributed by atoms with Gasteiger partial charge < -0.3 is 10.1 Å². The summed E-state index contributed by atoms with van der Waals surface area (Å²) in [5, 5.41) is 3.58. The maximum atomic E-state index is 5.33. The fourth-order valence-corrected chi connectivity index (χ4v) is 3.83. The Hall–Kier alpha value is -0.120. The SMILES string of the molecule is CNC1CCCCCC1CN(CCOC)C(C)C1CC1. The molecule has 1 N–H and O–H groups in total. The van der Waals surface area contributed by atoms with Gasteiger partial charge in [-0.25, -0.2) is 0 Å². The number of methoxy groups -OCH3 is 1. The van der Waals surface area contributed by atoms with E-state index in [2.05, 4.69) is 24.2 Å². The van der Waals surface area contributed by atoms with Crippen LogP contribution in [0.3, 0.4) is 0 Å². The second-order valence-electron chi connectivity index (χ2n) is 6.86. The summed E-state index contributed by atoms with van der Waals surface area (Å²) in [7, 11) is 3.97. The lowest BCUT2D eigenvalue weighted by Gasteiger charge is -2.35. The Morgan fingerprint density at radius 1 is 1.15 bits per heavy atom. The van der Waals surface area contributed by atoms with Gasteiger partial charge in [0.2, 0.25) is 0 Å². The average Bonchev–Trinajstić information content (AvgIpc) is 3.29. The summed E-state index contributed by atoms with van der Waals surface area (Å²) in [4.78, 5) is 2.71. The van der Waals surface area contributed by atoms with Crippen molar-refractivity contribution in [2.45, 2.75) is 64.0 Å². The maximum Gasteiger partial charge on any atom is 0.0589 e. The number of nitrogens with zero attached hydrogens (tertiary/aromatic N) is 1. The molecule has 3 nitrogen and oxygen atoms in total. The zero-order valence-electron chi connectivity index (χ0n) is 13.7. The topological polar surface area (TPSA) is 24.5 Å². The predicted molar refractivity (Wildman–Crippen MR) is 85.1 cm³/mol. The zero-order valence-corrected chi connectivity index (χ0v) is 13.7. The van der Waals surface area contributed by atoms with Crippen LogP contribution in [-0.2, 0) is 4.74 Å². The van der Waals surface area contributed by atoms with Crippen LogP contribution < -0.4 is 5.32 Å². The lowest BCUT2D eigenvalue weighted by Crippen LogP contribution is -2.45. The minimum absolute atomic E-state index is 0.717. The number of hydrogen-bond donors (Lipinski definition) is 1. The Bertz CT molecular complexity index is 268. The molecule has 118 valence electrons. The van der Waals surface area contributed by atoms with Crippen molar-refractivity contribution < 1.29 is 4.74 Å². The van der Waals surface area contributed by atoms with Crippen LogP contribution in [0.4, 0.5) is 0 Å². The van der Waals surface area contributed by atoms with Gasteiger partial charge in [-0.2, -0.15) is 0 Å². The molecule has 0 aromatic heterocycles. The van der Waals surface area contributed by atoms with Crippen LogP contribution in [-0.4, -0.2) is 50.8 Å². The maximum absolute atomic E-state index is 5.33. The Labute approximate surface area is 125 Å². The van der Waals surface area contributed by atoms with E-state index in [0.29, 0.717) is 6.04 Å². The number of rotatable bonds is 8. The van der Waals surface area contributed by atoms with E-state index in [-0.39, 0.29) is 0 Å². The van der Waals surface area contributed by atoms with Gasteiger partial charge in [0.05, 0.1) is 6.61 Å². The molecule has 0 amide bonds. The molecule has 0 radical (unpaired) electrons. The van der Waals surface area contributed by atoms with Gasteiger partial charge >= 0.3 is 0 Å². The van der Waals surface area contributed by atoms with Crippen LogP contribution in [0.5, 0.6) is 0 Å². The molecule has 0 heterocycles. The first-order chi connectivity index (χ1) is 9.76. The first-order valence-corrected chi connectivity index (χ1v) is 8.66. The monoisotopic (exact) mass is 282 g/mol. The second-order valence-corrected chi connectivity index (χ2v) is 6.86. The first-order valence-electron chi connectivity index (χ1n) is 8.66. The van der Waals surface area contributed by atoms with Crippen LogP contribution in [0, 0.1) is 11.8 Å². The van der Waals surface area contributed by atoms with Gasteiger partial charge in [0, 0.05) is 32.3 Å². The van der Waals surface area contributed by atoms with Crippen LogP contribution in [0.2, 0.25) is 0 Å². The molecule has 3 heteroatoms. The Balaban J connectivity index is 1.92. The van der Waals surface area contributed by atoms with Gasteiger partial charge in [-0.3, -0.25) is 4.90 Å². The summed E-state index contributed by atoms with van der Waals surface area (Å²) in [6.45, 7) is 5.65. The highest BCUT2D eigenvalue weighted by molar-refractivity contribution is 4.88. The van der Waals surface area contributed by atoms with E-state index in [0.717, 1.165) is 31.0 Å². The normalized spacial score (nSPS) is 29.4. The van der Waals surface area contributed by atoms with E-state index in [9.17, 15) is 0 Å². The minimum Gasteiger partial charge on any atom is -0.383 e. The van der Waals surface area contributed by atoms with Crippen molar-refractivity contribution in [1.82, 2.24) is 10.2 Å². The molecule has 2 fully saturated rings. The molecule has 0 spiro atoms. The smallest absolute Gasteiger partial charge is 0.0589 e. The lowest BCUT2D eigenvalue weighted by atomic mass is 9.93. The van der Waals surface area contributed by atoms with Crippen LogP contribution in [0.25, 0.3) is 0 Å². The lowest BCUT2D eigenvalue weighted by molar-refractivity contribution is 0.0944. The molecule has 0 aromatic rings. The largest absolute Gasteiger partial charge is 0.383 e. The third-order valence-electron chi connectivity index (χ3n) is 5.46. The van der Waals surface area contributed by atoms with Crippen molar-refractivity contribution in [3.05, 3.63) is 0 Å². The van der Waals surface area contributed by atoms with Crippen molar-refractivity contribution >= 4 is 0 Å². The Kier molecular flexibility index (Phi) is 6.79. The molecule has 0 aromatic carbocycles. The number of nitrogens with one attached hydrogen (secondary N) is 1. The van der Waals surface area contributed by atoms with Crippen LogP contribution in [0.15, 0.2) is 0 Å². The average molecular weight is 282 g/mol. The van der Waals surface area contributed by atoms with Crippen LogP contribution in [0.1, 0.15) is 51.9 Å². The molecule has 0 aliphatic heterocycles. The first kappa shape index (κ1) is 16.3. The van der Waals surface area contributed by atoms with Gasteiger partial charge in [-0.15, -0.1) is 0 Å². The molecule has 0 saturated heterocycles. The molecule has 3 unspecified atom stereocenters. The quantitative estimate of drug-likeness (QED) is 0.693. The molecule has 20 heavy (non-hydrogen) atoms. The van der Waals surface area contributed by atoms with Crippen molar-refractivity contribution in [3.8, 4) is 0 Å². The van der Waals surface area contributed by atoms with Crippen LogP contribution >= 0.6 is 0 Å². The highest BCUT2D eigenvalue weighted by Gasteiger charge is 2.34. The summed E-state index contributed by atoms with van der Waals surface area (Å²) in [5.74, 6) is 1.77. The molecule has 2 aliphatic rings. The van der Waals surface area contributed by atoms with Gasteiger partial charge in [-0.05, 0) is 51.5 Å². The Morgan fingerprint density at radius 3 is 2.55 bits per heavy atom. The van der Waals surface area contributed by atoms with Gasteiger partial charge in [-0.1, -0.05) is 19.3 Å². The number of hydrogen-bond acceptors (Lipinski definition) is 3. The van der Waals surface area contributed by atoms with E-state index in [1.54, 1.807) is 0 Å². The molecule has 3 atom stereocenters. The van der Waals surface area contributed by atoms with Gasteiger partial charge in [0.25, 0.3) is 0 Å². The van der Waals surface area contributed by atoms with Gasteiger partial charge in [0.15, 0.2) is 0 Å². The molecule has 0 bridgehead atoms. The van der Waals surface area contributed by atoms with E-state index < -0.39 is 0 Å². The summed E-state index contributed by atoms with van der Waals surface area (Å²) in [6.07, 6.45) is 9.86. The minimum atomic E-state index is 0.717. The fourth-order valence-electron chi connectivity index (χ4n) is 3.83. The highest BCUT2D eigenvalue weighted by Crippen LogP contribution is 2.36. The summed E-state index contributed by atoms with van der Waals surface area (Å²) in [6, 6.07) is 1.46. The summed E-state index contributed by atoms with van der Waals surface area (Å²) in [5.41, 5.74) is 0. The standard InChI is InChI=1S/C17H34N2O/c1-14(15-9-10-15)19(11-12-20-3)13-16-7-5-4-6-8-17(16)18-2/h14-18H,4-13H2,1-3H3. The Morgan fingerprint density at radius 2 is 1.90 bits per heavy atom. The molecule has 2 aliphatic carbocycles. The predicted octanol–water partition coefficient (Wildman–Crippen LogP) is 2.90. The van der Waals surface area contributed by atoms with Gasteiger partial charge in [0.1, 0.15) is 0 Å². The second kappa shape index (κ2) is 8.35. The summed E-state index contributed by atoms with van der Waals surface area (Å²) >= 11 is 0. The zero-order chi connectivity index (χ0) is 14.4. The van der Waals surface area contributed by atoms with Crippen molar-refractivity contribution in [1.29, 1.82) is 0 Å². The molecular weight excluding hydrogens is 248 g/mol.